The fourth-order valence-electron chi connectivity index (χ4n) is 3.76. The number of amides is 1. The molecule has 23 heavy (non-hydrogen) atoms. The lowest BCUT2D eigenvalue weighted by Crippen LogP contribution is -2.39. The molecular formula is C19H25NO3. The maximum absolute atomic E-state index is 12.3. The van der Waals surface area contributed by atoms with Crippen LogP contribution in [0.4, 0.5) is 0 Å². The fourth-order valence-corrected chi connectivity index (χ4v) is 3.76. The summed E-state index contributed by atoms with van der Waals surface area (Å²) in [4.78, 5) is 25.4. The van der Waals surface area contributed by atoms with Crippen molar-refractivity contribution in [3.05, 3.63) is 35.4 Å². The number of fused-ring (bicyclic) bond motifs is 1. The topological polar surface area (TPSA) is 46.6 Å². The third-order valence-electron chi connectivity index (χ3n) is 5.19. The van der Waals surface area contributed by atoms with Gasteiger partial charge in [0.2, 0.25) is 5.91 Å². The summed E-state index contributed by atoms with van der Waals surface area (Å²) in [6.07, 6.45) is 4.83. The predicted octanol–water partition coefficient (Wildman–Crippen LogP) is 2.91. The molecule has 1 aromatic rings. The maximum Gasteiger partial charge on any atom is 0.309 e. The molecule has 0 radical (unpaired) electrons. The Hall–Kier alpha value is -1.84. The van der Waals surface area contributed by atoms with E-state index in [0.29, 0.717) is 25.6 Å². The van der Waals surface area contributed by atoms with Crippen molar-refractivity contribution >= 4 is 11.9 Å². The van der Waals surface area contributed by atoms with Gasteiger partial charge in [-0.3, -0.25) is 9.59 Å². The Labute approximate surface area is 137 Å². The van der Waals surface area contributed by atoms with Gasteiger partial charge in [-0.1, -0.05) is 24.3 Å². The van der Waals surface area contributed by atoms with Gasteiger partial charge in [0.25, 0.3) is 0 Å². The van der Waals surface area contributed by atoms with Crippen LogP contribution in [0.5, 0.6) is 0 Å². The van der Waals surface area contributed by atoms with Crippen LogP contribution in [0, 0.1) is 5.92 Å². The van der Waals surface area contributed by atoms with Crippen molar-refractivity contribution in [1.82, 2.24) is 4.90 Å². The number of piperidine rings is 1. The minimum Gasteiger partial charge on any atom is -0.465 e. The van der Waals surface area contributed by atoms with Gasteiger partial charge in [0.1, 0.15) is 0 Å². The van der Waals surface area contributed by atoms with Crippen LogP contribution in [0.3, 0.4) is 0 Å². The van der Waals surface area contributed by atoms with Gasteiger partial charge >= 0.3 is 5.97 Å². The quantitative estimate of drug-likeness (QED) is 0.806. The molecule has 4 nitrogen and oxygen atoms in total. The fraction of sp³-hybridized carbons (Fsp3) is 0.579. The van der Waals surface area contributed by atoms with Crippen molar-refractivity contribution in [1.29, 1.82) is 0 Å². The van der Waals surface area contributed by atoms with Crippen molar-refractivity contribution < 1.29 is 14.3 Å². The number of likely N-dealkylation sites (tertiary alicyclic amines) is 1. The molecular weight excluding hydrogens is 290 g/mol. The Morgan fingerprint density at radius 2 is 1.91 bits per heavy atom. The van der Waals surface area contributed by atoms with Crippen molar-refractivity contribution in [3.63, 3.8) is 0 Å². The van der Waals surface area contributed by atoms with Gasteiger partial charge in [0.15, 0.2) is 0 Å². The molecule has 3 rings (SSSR count). The summed E-state index contributed by atoms with van der Waals surface area (Å²) >= 11 is 0. The monoisotopic (exact) mass is 315 g/mol. The summed E-state index contributed by atoms with van der Waals surface area (Å²) in [5.41, 5.74) is 2.74. The molecule has 1 aliphatic carbocycles. The van der Waals surface area contributed by atoms with Gasteiger partial charge < -0.3 is 9.64 Å². The SMILES string of the molecule is CC(=O)N1CCC(C(=O)OC[C@@H]2CCCc3ccccc32)CC1. The highest BCUT2D eigenvalue weighted by atomic mass is 16.5. The van der Waals surface area contributed by atoms with E-state index in [-0.39, 0.29) is 17.8 Å². The highest BCUT2D eigenvalue weighted by Crippen LogP contribution is 2.32. The van der Waals surface area contributed by atoms with E-state index in [1.54, 1.807) is 11.8 Å². The molecule has 1 heterocycles. The zero-order valence-corrected chi connectivity index (χ0v) is 13.8. The molecule has 1 saturated heterocycles. The second-order valence-electron chi connectivity index (χ2n) is 6.70. The van der Waals surface area contributed by atoms with Gasteiger partial charge in [-0.15, -0.1) is 0 Å². The van der Waals surface area contributed by atoms with E-state index in [0.717, 1.165) is 32.1 Å². The van der Waals surface area contributed by atoms with Crippen LogP contribution in [0.1, 0.15) is 49.7 Å². The number of esters is 1. The average molecular weight is 315 g/mol. The van der Waals surface area contributed by atoms with Crippen LogP contribution >= 0.6 is 0 Å². The molecule has 2 aliphatic rings. The summed E-state index contributed by atoms with van der Waals surface area (Å²) in [5, 5.41) is 0. The predicted molar refractivity (Wildman–Crippen MR) is 88.1 cm³/mol. The number of ether oxygens (including phenoxy) is 1. The van der Waals surface area contributed by atoms with Gasteiger partial charge in [-0.25, -0.2) is 0 Å². The van der Waals surface area contributed by atoms with Crippen LogP contribution in [0.25, 0.3) is 0 Å². The number of hydrogen-bond donors (Lipinski definition) is 0. The molecule has 0 bridgehead atoms. The zero-order valence-electron chi connectivity index (χ0n) is 13.8. The smallest absolute Gasteiger partial charge is 0.309 e. The van der Waals surface area contributed by atoms with E-state index < -0.39 is 0 Å². The molecule has 0 aromatic heterocycles. The van der Waals surface area contributed by atoms with Gasteiger partial charge in [0, 0.05) is 25.9 Å². The Morgan fingerprint density at radius 1 is 1.17 bits per heavy atom. The first-order chi connectivity index (χ1) is 11.1. The molecule has 1 amide bonds. The number of carbonyl (C=O) groups excluding carboxylic acids is 2. The minimum atomic E-state index is -0.0868. The van der Waals surface area contributed by atoms with Gasteiger partial charge in [-0.2, -0.15) is 0 Å². The highest BCUT2D eigenvalue weighted by Gasteiger charge is 2.28. The molecule has 0 N–H and O–H groups in total. The number of hydrogen-bond acceptors (Lipinski definition) is 3. The van der Waals surface area contributed by atoms with Crippen LogP contribution in [0.15, 0.2) is 24.3 Å². The lowest BCUT2D eigenvalue weighted by Gasteiger charge is -2.31. The highest BCUT2D eigenvalue weighted by molar-refractivity contribution is 5.75. The molecule has 1 aromatic carbocycles. The number of benzene rings is 1. The van der Waals surface area contributed by atoms with Crippen molar-refractivity contribution in [2.24, 2.45) is 5.92 Å². The van der Waals surface area contributed by atoms with Gasteiger partial charge in [-0.05, 0) is 43.2 Å². The van der Waals surface area contributed by atoms with E-state index in [4.69, 9.17) is 4.74 Å². The second-order valence-corrected chi connectivity index (χ2v) is 6.70. The molecule has 0 spiro atoms. The van der Waals surface area contributed by atoms with Crippen molar-refractivity contribution in [2.75, 3.05) is 19.7 Å². The third-order valence-corrected chi connectivity index (χ3v) is 5.19. The minimum absolute atomic E-state index is 0.0514. The Bertz CT molecular complexity index is 576. The number of aryl methyl sites for hydroxylation is 1. The lowest BCUT2D eigenvalue weighted by atomic mass is 9.83. The molecule has 4 heteroatoms. The molecule has 1 aliphatic heterocycles. The van der Waals surface area contributed by atoms with Crippen LogP contribution < -0.4 is 0 Å². The molecule has 1 fully saturated rings. The summed E-state index contributed by atoms with van der Waals surface area (Å²) in [7, 11) is 0. The van der Waals surface area contributed by atoms with Crippen molar-refractivity contribution in [3.8, 4) is 0 Å². The largest absolute Gasteiger partial charge is 0.465 e. The second kappa shape index (κ2) is 7.16. The summed E-state index contributed by atoms with van der Waals surface area (Å²) in [5.74, 6) is 0.289. The van der Waals surface area contributed by atoms with E-state index in [2.05, 4.69) is 24.3 Å². The van der Waals surface area contributed by atoms with E-state index in [1.165, 1.54) is 11.1 Å². The summed E-state index contributed by atoms with van der Waals surface area (Å²) in [6, 6.07) is 8.49. The van der Waals surface area contributed by atoms with Gasteiger partial charge in [0.05, 0.1) is 12.5 Å². The molecule has 124 valence electrons. The number of rotatable bonds is 3. The molecule has 0 saturated carbocycles. The summed E-state index contributed by atoms with van der Waals surface area (Å²) < 4.78 is 5.63. The van der Waals surface area contributed by atoms with E-state index in [9.17, 15) is 9.59 Å². The first kappa shape index (κ1) is 16.0. The average Bonchev–Trinajstić information content (AvgIpc) is 2.59. The van der Waals surface area contributed by atoms with Crippen LogP contribution in [-0.2, 0) is 20.7 Å². The maximum atomic E-state index is 12.3. The number of nitrogens with zero attached hydrogens (tertiary/aromatic N) is 1. The Kier molecular flexibility index (Phi) is 4.99. The third kappa shape index (κ3) is 3.74. The van der Waals surface area contributed by atoms with Crippen molar-refractivity contribution in [2.45, 2.75) is 44.9 Å². The number of carbonyl (C=O) groups is 2. The summed E-state index contributed by atoms with van der Waals surface area (Å²) in [6.45, 7) is 3.41. The zero-order chi connectivity index (χ0) is 16.2. The van der Waals surface area contributed by atoms with E-state index >= 15 is 0 Å². The molecule has 1 atom stereocenters. The molecule has 0 unspecified atom stereocenters. The normalized spacial score (nSPS) is 21.6. The lowest BCUT2D eigenvalue weighted by molar-refractivity contribution is -0.152. The Morgan fingerprint density at radius 3 is 2.65 bits per heavy atom. The standard InChI is InChI=1S/C19H25NO3/c1-14(21)20-11-9-16(10-12-20)19(22)23-13-17-7-4-6-15-5-2-3-8-18(15)17/h2-3,5,8,16-17H,4,6-7,9-13H2,1H3/t17-/m0/s1. The van der Waals surface area contributed by atoms with Crippen LogP contribution in [-0.4, -0.2) is 36.5 Å². The first-order valence-corrected chi connectivity index (χ1v) is 8.65. The first-order valence-electron chi connectivity index (χ1n) is 8.65. The van der Waals surface area contributed by atoms with E-state index in [1.807, 2.05) is 0 Å². The van der Waals surface area contributed by atoms with Crippen LogP contribution in [0.2, 0.25) is 0 Å². The Balaban J connectivity index is 1.51.